The van der Waals surface area contributed by atoms with Gasteiger partial charge < -0.3 is 5.32 Å². The van der Waals surface area contributed by atoms with Gasteiger partial charge in [0.25, 0.3) is 0 Å². The molecular formula is C16H15Cl2NO3S2. The Labute approximate surface area is 155 Å². The number of anilines is 1. The fraction of sp³-hybridized carbons (Fsp3) is 0.188. The summed E-state index contributed by atoms with van der Waals surface area (Å²) in [5.41, 5.74) is 0.699. The van der Waals surface area contributed by atoms with Gasteiger partial charge in [0.1, 0.15) is 0 Å². The molecule has 0 heterocycles. The standard InChI is InChI=1S/C16H15Cl2NO3S2/c1-11(20)19-13-3-5-14(6-4-13)23-8-9-24(21,22)16-10-12(17)2-7-15(16)18/h2-7,10H,8-9H2,1H3,(H,19,20). The predicted octanol–water partition coefficient (Wildman–Crippen LogP) is 4.52. The largest absolute Gasteiger partial charge is 0.326 e. The van der Waals surface area contributed by atoms with Crippen LogP contribution in [0.5, 0.6) is 0 Å². The van der Waals surface area contributed by atoms with Gasteiger partial charge in [0.2, 0.25) is 5.91 Å². The molecule has 2 aromatic rings. The summed E-state index contributed by atoms with van der Waals surface area (Å²) in [6.07, 6.45) is 0. The molecule has 2 rings (SSSR count). The summed E-state index contributed by atoms with van der Waals surface area (Å²) in [5.74, 6) is 0.190. The van der Waals surface area contributed by atoms with Crippen LogP contribution in [0.4, 0.5) is 5.69 Å². The van der Waals surface area contributed by atoms with Crippen LogP contribution in [0.2, 0.25) is 10.0 Å². The zero-order chi connectivity index (χ0) is 17.7. The van der Waals surface area contributed by atoms with Gasteiger partial charge >= 0.3 is 0 Å². The van der Waals surface area contributed by atoms with Crippen LogP contribution in [0, 0.1) is 0 Å². The van der Waals surface area contributed by atoms with E-state index in [9.17, 15) is 13.2 Å². The van der Waals surface area contributed by atoms with E-state index in [1.807, 2.05) is 12.1 Å². The third-order valence-corrected chi connectivity index (χ3v) is 6.72. The molecule has 0 fully saturated rings. The number of sulfone groups is 1. The average molecular weight is 404 g/mol. The highest BCUT2D eigenvalue weighted by atomic mass is 35.5. The molecule has 8 heteroatoms. The molecule has 0 aromatic heterocycles. The molecule has 128 valence electrons. The number of benzene rings is 2. The van der Waals surface area contributed by atoms with Gasteiger partial charge in [0.15, 0.2) is 9.84 Å². The van der Waals surface area contributed by atoms with Gasteiger partial charge in [-0.15, -0.1) is 11.8 Å². The summed E-state index contributed by atoms with van der Waals surface area (Å²) in [4.78, 5) is 11.9. The minimum absolute atomic E-state index is 0.0504. The van der Waals surface area contributed by atoms with Crippen molar-refractivity contribution in [2.75, 3.05) is 16.8 Å². The van der Waals surface area contributed by atoms with E-state index in [2.05, 4.69) is 5.32 Å². The molecule has 0 saturated heterocycles. The summed E-state index contributed by atoms with van der Waals surface area (Å²) >= 11 is 13.2. The maximum absolute atomic E-state index is 12.4. The monoisotopic (exact) mass is 403 g/mol. The van der Waals surface area contributed by atoms with Crippen molar-refractivity contribution < 1.29 is 13.2 Å². The molecule has 24 heavy (non-hydrogen) atoms. The van der Waals surface area contributed by atoms with Gasteiger partial charge in [0, 0.05) is 28.3 Å². The minimum atomic E-state index is -3.50. The van der Waals surface area contributed by atoms with Crippen molar-refractivity contribution in [1.29, 1.82) is 0 Å². The number of hydrogen-bond donors (Lipinski definition) is 1. The highest BCUT2D eigenvalue weighted by molar-refractivity contribution is 8.00. The van der Waals surface area contributed by atoms with Crippen molar-refractivity contribution in [2.45, 2.75) is 16.7 Å². The first-order valence-electron chi connectivity index (χ1n) is 6.96. The second-order valence-electron chi connectivity index (χ2n) is 4.95. The van der Waals surface area contributed by atoms with E-state index in [0.29, 0.717) is 16.5 Å². The van der Waals surface area contributed by atoms with Gasteiger partial charge in [-0.1, -0.05) is 23.2 Å². The molecule has 0 unspecified atom stereocenters. The molecule has 0 radical (unpaired) electrons. The molecule has 0 saturated carbocycles. The van der Waals surface area contributed by atoms with Crippen LogP contribution < -0.4 is 5.32 Å². The second kappa shape index (κ2) is 8.25. The SMILES string of the molecule is CC(=O)Nc1ccc(SCCS(=O)(=O)c2cc(Cl)ccc2Cl)cc1. The lowest BCUT2D eigenvalue weighted by Gasteiger charge is -2.08. The van der Waals surface area contributed by atoms with Crippen LogP contribution in [-0.4, -0.2) is 25.8 Å². The molecule has 4 nitrogen and oxygen atoms in total. The van der Waals surface area contributed by atoms with E-state index in [0.717, 1.165) is 4.90 Å². The van der Waals surface area contributed by atoms with E-state index >= 15 is 0 Å². The maximum atomic E-state index is 12.4. The Morgan fingerprint density at radius 2 is 1.79 bits per heavy atom. The van der Waals surface area contributed by atoms with Crippen molar-refractivity contribution in [2.24, 2.45) is 0 Å². The number of amides is 1. The summed E-state index contributed by atoms with van der Waals surface area (Å²) in [7, 11) is -3.50. The highest BCUT2D eigenvalue weighted by Gasteiger charge is 2.18. The van der Waals surface area contributed by atoms with Crippen molar-refractivity contribution in [3.8, 4) is 0 Å². The van der Waals surface area contributed by atoms with Crippen LogP contribution in [0.3, 0.4) is 0 Å². The zero-order valence-electron chi connectivity index (χ0n) is 12.8. The quantitative estimate of drug-likeness (QED) is 0.720. The number of carbonyl (C=O) groups excluding carboxylic acids is 1. The molecule has 2 aromatic carbocycles. The van der Waals surface area contributed by atoms with Gasteiger partial charge in [0.05, 0.1) is 15.7 Å². The molecular weight excluding hydrogens is 389 g/mol. The van der Waals surface area contributed by atoms with Crippen LogP contribution in [-0.2, 0) is 14.6 Å². The minimum Gasteiger partial charge on any atom is -0.326 e. The van der Waals surface area contributed by atoms with Crippen molar-refractivity contribution in [3.63, 3.8) is 0 Å². The van der Waals surface area contributed by atoms with Gasteiger partial charge in [-0.3, -0.25) is 4.79 Å². The van der Waals surface area contributed by atoms with Crippen LogP contribution in [0.25, 0.3) is 0 Å². The lowest BCUT2D eigenvalue weighted by atomic mass is 10.3. The number of thioether (sulfide) groups is 1. The molecule has 0 aliphatic rings. The first-order valence-corrected chi connectivity index (χ1v) is 10.4. The zero-order valence-corrected chi connectivity index (χ0v) is 15.9. The molecule has 0 aliphatic heterocycles. The van der Waals surface area contributed by atoms with E-state index in [-0.39, 0.29) is 21.6 Å². The van der Waals surface area contributed by atoms with Gasteiger partial charge in [-0.05, 0) is 42.5 Å². The predicted molar refractivity (Wildman–Crippen MR) is 100.0 cm³/mol. The topological polar surface area (TPSA) is 63.2 Å². The number of hydrogen-bond acceptors (Lipinski definition) is 4. The number of nitrogens with one attached hydrogen (secondary N) is 1. The lowest BCUT2D eigenvalue weighted by Crippen LogP contribution is -2.09. The Morgan fingerprint density at radius 1 is 1.12 bits per heavy atom. The van der Waals surface area contributed by atoms with Crippen LogP contribution >= 0.6 is 35.0 Å². The van der Waals surface area contributed by atoms with Crippen LogP contribution in [0.1, 0.15) is 6.92 Å². The molecule has 1 amide bonds. The second-order valence-corrected chi connectivity index (χ2v) is 9.04. The van der Waals surface area contributed by atoms with Crippen molar-refractivity contribution in [1.82, 2.24) is 0 Å². The van der Waals surface area contributed by atoms with Crippen molar-refractivity contribution in [3.05, 3.63) is 52.5 Å². The van der Waals surface area contributed by atoms with E-state index in [1.54, 1.807) is 18.2 Å². The van der Waals surface area contributed by atoms with Crippen LogP contribution in [0.15, 0.2) is 52.3 Å². The summed E-state index contributed by atoms with van der Waals surface area (Å²) in [5, 5.41) is 3.18. The number of carbonyl (C=O) groups is 1. The van der Waals surface area contributed by atoms with E-state index in [4.69, 9.17) is 23.2 Å². The number of halogens is 2. The first-order chi connectivity index (χ1) is 11.3. The molecule has 1 N–H and O–H groups in total. The smallest absolute Gasteiger partial charge is 0.221 e. The third-order valence-electron chi connectivity index (χ3n) is 3.02. The molecule has 0 bridgehead atoms. The maximum Gasteiger partial charge on any atom is 0.221 e. The first kappa shape index (κ1) is 19.1. The Kier molecular flexibility index (Phi) is 6.57. The fourth-order valence-electron chi connectivity index (χ4n) is 1.93. The Bertz CT molecular complexity index is 837. The highest BCUT2D eigenvalue weighted by Crippen LogP contribution is 2.27. The summed E-state index contributed by atoms with van der Waals surface area (Å²) in [6, 6.07) is 11.6. The third kappa shape index (κ3) is 5.41. The molecule has 0 aliphatic carbocycles. The normalized spacial score (nSPS) is 11.3. The summed E-state index contributed by atoms with van der Waals surface area (Å²) in [6.45, 7) is 1.44. The Balaban J connectivity index is 1.98. The van der Waals surface area contributed by atoms with Crippen molar-refractivity contribution >= 4 is 56.4 Å². The molecule has 0 atom stereocenters. The van der Waals surface area contributed by atoms with E-state index in [1.165, 1.54) is 30.8 Å². The lowest BCUT2D eigenvalue weighted by molar-refractivity contribution is -0.114. The van der Waals surface area contributed by atoms with Gasteiger partial charge in [-0.2, -0.15) is 0 Å². The molecule has 0 spiro atoms. The summed E-state index contributed by atoms with van der Waals surface area (Å²) < 4.78 is 24.7. The van der Waals surface area contributed by atoms with Gasteiger partial charge in [-0.25, -0.2) is 8.42 Å². The van der Waals surface area contributed by atoms with E-state index < -0.39 is 9.84 Å². The number of rotatable bonds is 6. The Hall–Kier alpha value is -1.21. The Morgan fingerprint density at radius 3 is 2.42 bits per heavy atom. The fourth-order valence-corrected chi connectivity index (χ4v) is 5.31. The average Bonchev–Trinajstić information content (AvgIpc) is 2.50.